The number of aryl methyl sites for hydroxylation is 1. The molecule has 5 rings (SSSR count). The number of hydrogen-bond donors (Lipinski definition) is 0. The molecule has 31 heavy (non-hydrogen) atoms. The van der Waals surface area contributed by atoms with Crippen LogP contribution in [0.2, 0.25) is 0 Å². The van der Waals surface area contributed by atoms with Crippen LogP contribution >= 0.6 is 0 Å². The summed E-state index contributed by atoms with van der Waals surface area (Å²) in [5, 5.41) is 0. The maximum Gasteiger partial charge on any atom is 0.238 e. The fraction of sp³-hybridized carbons (Fsp3) is 0.464. The van der Waals surface area contributed by atoms with Crippen molar-refractivity contribution in [3.8, 4) is 0 Å². The predicted molar refractivity (Wildman–Crippen MR) is 133 cm³/mol. The van der Waals surface area contributed by atoms with Crippen LogP contribution in [0.3, 0.4) is 0 Å². The summed E-state index contributed by atoms with van der Waals surface area (Å²) in [6, 6.07) is 17.1. The Labute approximate surface area is 188 Å². The number of hydrogen-bond acceptors (Lipinski definition) is 2. The molecule has 0 saturated heterocycles. The summed E-state index contributed by atoms with van der Waals surface area (Å²) in [5.41, 5.74) is 6.27. The van der Waals surface area contributed by atoms with E-state index in [9.17, 15) is 4.79 Å². The molecule has 166 valence electrons. The van der Waals surface area contributed by atoms with Crippen LogP contribution < -0.4 is 4.90 Å². The lowest BCUT2D eigenvalue weighted by atomic mass is 9.70. The Bertz CT molecular complexity index is 918. The van der Waals surface area contributed by atoms with Crippen LogP contribution in [-0.4, -0.2) is 37.5 Å². The molecule has 0 aromatic heterocycles. The third-order valence-corrected chi connectivity index (χ3v) is 6.66. The van der Waals surface area contributed by atoms with E-state index in [2.05, 4.69) is 59.5 Å². The molecule has 3 heteroatoms. The summed E-state index contributed by atoms with van der Waals surface area (Å²) >= 11 is 0. The number of amides is 1. The van der Waals surface area contributed by atoms with E-state index in [0.29, 0.717) is 5.91 Å². The van der Waals surface area contributed by atoms with Gasteiger partial charge >= 0.3 is 0 Å². The van der Waals surface area contributed by atoms with Crippen molar-refractivity contribution in [2.75, 3.05) is 31.6 Å². The average Bonchev–Trinajstić information content (AvgIpc) is 3.06. The van der Waals surface area contributed by atoms with Gasteiger partial charge in [-0.05, 0) is 54.0 Å². The quantitative estimate of drug-likeness (QED) is 0.603. The van der Waals surface area contributed by atoms with E-state index >= 15 is 0 Å². The zero-order valence-electron chi connectivity index (χ0n) is 19.9. The molecule has 0 N–H and O–H groups in total. The molecule has 3 nitrogen and oxygen atoms in total. The maximum atomic E-state index is 13.3. The molecule has 2 aliphatic heterocycles. The molecule has 0 fully saturated rings. The van der Waals surface area contributed by atoms with Crippen molar-refractivity contribution >= 4 is 17.2 Å². The first kappa shape index (κ1) is 23.3. The van der Waals surface area contributed by atoms with E-state index < -0.39 is 0 Å². The molecule has 2 aromatic carbocycles. The van der Waals surface area contributed by atoms with Crippen molar-refractivity contribution in [2.45, 2.75) is 58.8 Å². The van der Waals surface area contributed by atoms with Crippen LogP contribution in [0.5, 0.6) is 0 Å². The van der Waals surface area contributed by atoms with Crippen molar-refractivity contribution in [3.63, 3.8) is 0 Å². The minimum atomic E-state index is -0.336. The number of nitrogens with zero attached hydrogens (tertiary/aromatic N) is 2. The fourth-order valence-electron chi connectivity index (χ4n) is 5.35. The van der Waals surface area contributed by atoms with Gasteiger partial charge in [-0.1, -0.05) is 76.2 Å². The number of rotatable bonds is 3. The van der Waals surface area contributed by atoms with Crippen LogP contribution in [-0.2, 0) is 16.6 Å². The Balaban J connectivity index is 0.000000645. The van der Waals surface area contributed by atoms with E-state index in [1.54, 1.807) is 0 Å². The van der Waals surface area contributed by atoms with Gasteiger partial charge < -0.3 is 4.90 Å². The molecular weight excluding hydrogens is 380 g/mol. The van der Waals surface area contributed by atoms with Gasteiger partial charge in [0.25, 0.3) is 0 Å². The molecule has 1 unspecified atom stereocenters. The van der Waals surface area contributed by atoms with Crippen molar-refractivity contribution < 1.29 is 4.79 Å². The number of benzene rings is 2. The monoisotopic (exact) mass is 418 g/mol. The van der Waals surface area contributed by atoms with E-state index in [1.165, 1.54) is 22.3 Å². The second-order valence-corrected chi connectivity index (χ2v) is 8.19. The summed E-state index contributed by atoms with van der Waals surface area (Å²) in [6.45, 7) is 10.8. The first-order valence-corrected chi connectivity index (χ1v) is 12.1. The molecule has 0 saturated carbocycles. The average molecular weight is 419 g/mol. The molecule has 1 aliphatic carbocycles. The zero-order chi connectivity index (χ0) is 22.4. The first-order valence-electron chi connectivity index (χ1n) is 12.1. The molecule has 0 bridgehead atoms. The largest absolute Gasteiger partial charge is 0.314 e. The molecule has 0 spiro atoms. The number of carbonyl (C=O) groups is 1. The van der Waals surface area contributed by atoms with Crippen LogP contribution in [0.25, 0.3) is 5.57 Å². The second-order valence-electron chi connectivity index (χ2n) is 8.19. The minimum Gasteiger partial charge on any atom is -0.314 e. The number of anilines is 1. The normalized spacial score (nSPS) is 21.9. The van der Waals surface area contributed by atoms with Gasteiger partial charge in [-0.15, -0.1) is 0 Å². The first-order chi connectivity index (χ1) is 15.2. The molecule has 2 heterocycles. The van der Waals surface area contributed by atoms with Crippen molar-refractivity contribution in [2.24, 2.45) is 0 Å². The van der Waals surface area contributed by atoms with Gasteiger partial charge in [0, 0.05) is 32.4 Å². The lowest BCUT2D eigenvalue weighted by Crippen LogP contribution is -2.49. The lowest BCUT2D eigenvalue weighted by molar-refractivity contribution is -0.124. The van der Waals surface area contributed by atoms with Gasteiger partial charge in [0.1, 0.15) is 0 Å². The van der Waals surface area contributed by atoms with E-state index in [0.717, 1.165) is 51.0 Å². The highest BCUT2D eigenvalue weighted by Crippen LogP contribution is 2.49. The van der Waals surface area contributed by atoms with Crippen LogP contribution in [0.4, 0.5) is 5.69 Å². The third kappa shape index (κ3) is 4.21. The zero-order valence-corrected chi connectivity index (χ0v) is 19.9. The van der Waals surface area contributed by atoms with E-state index in [4.69, 9.17) is 0 Å². The Morgan fingerprint density at radius 1 is 0.935 bits per heavy atom. The summed E-state index contributed by atoms with van der Waals surface area (Å²) in [4.78, 5) is 17.7. The molecule has 2 aromatic rings. The second kappa shape index (κ2) is 10.3. The summed E-state index contributed by atoms with van der Waals surface area (Å²) in [6.07, 6.45) is 6.60. The highest BCUT2D eigenvalue weighted by atomic mass is 16.2. The molecule has 0 radical (unpaired) electrons. The summed E-state index contributed by atoms with van der Waals surface area (Å²) < 4.78 is 0. The van der Waals surface area contributed by atoms with Crippen molar-refractivity contribution in [1.82, 2.24) is 4.90 Å². The fourth-order valence-corrected chi connectivity index (χ4v) is 5.35. The summed E-state index contributed by atoms with van der Waals surface area (Å²) in [7, 11) is 1.95. The Kier molecular flexibility index (Phi) is 7.72. The summed E-state index contributed by atoms with van der Waals surface area (Å²) in [5.74, 6) is 0.294. The topological polar surface area (TPSA) is 23.6 Å². The van der Waals surface area contributed by atoms with Gasteiger partial charge in [-0.25, -0.2) is 0 Å². The maximum absolute atomic E-state index is 13.3. The highest BCUT2D eigenvalue weighted by molar-refractivity contribution is 6.08. The van der Waals surface area contributed by atoms with Gasteiger partial charge in [0.05, 0.1) is 5.41 Å². The molecule has 3 aliphatic rings. The van der Waals surface area contributed by atoms with E-state index in [-0.39, 0.29) is 5.41 Å². The molecule has 1 atom stereocenters. The Morgan fingerprint density at radius 3 is 2.35 bits per heavy atom. The predicted octanol–water partition coefficient (Wildman–Crippen LogP) is 6.08. The van der Waals surface area contributed by atoms with Crippen LogP contribution in [0, 0.1) is 0 Å². The van der Waals surface area contributed by atoms with Gasteiger partial charge in [-0.3, -0.25) is 9.69 Å². The third-order valence-electron chi connectivity index (χ3n) is 6.66. The van der Waals surface area contributed by atoms with E-state index in [1.807, 2.05) is 39.6 Å². The van der Waals surface area contributed by atoms with Gasteiger partial charge in [-0.2, -0.15) is 0 Å². The Morgan fingerprint density at radius 2 is 1.68 bits per heavy atom. The number of carbonyl (C=O) groups excluding carboxylic acids is 1. The van der Waals surface area contributed by atoms with Crippen LogP contribution in [0.15, 0.2) is 54.6 Å². The van der Waals surface area contributed by atoms with Crippen molar-refractivity contribution in [3.05, 3.63) is 71.3 Å². The minimum absolute atomic E-state index is 0.294. The van der Waals surface area contributed by atoms with Crippen LogP contribution in [0.1, 0.15) is 63.6 Å². The molecule has 1 amide bonds. The van der Waals surface area contributed by atoms with Gasteiger partial charge in [0.15, 0.2) is 0 Å². The van der Waals surface area contributed by atoms with Crippen molar-refractivity contribution in [1.29, 1.82) is 0 Å². The molecular formula is C28H38N2O. The SMILES string of the molecule is CC.CC.CN1C(=O)C2(CN3CC=C(c4ccccc4)CC3)CCCc3cccc1c32. The highest BCUT2D eigenvalue weighted by Gasteiger charge is 2.52. The number of likely N-dealkylation sites (N-methyl/N-ethyl adjacent to an activating group) is 1. The Hall–Kier alpha value is -2.39. The smallest absolute Gasteiger partial charge is 0.238 e. The standard InChI is InChI=1S/C24H26N2O.2C2H6/c1-25-21-11-5-9-20-10-6-14-24(22(20)21,23(25)27)17-26-15-12-19(13-16-26)18-7-3-2-4-8-18;2*1-2/h2-5,7-9,11-12H,6,10,13-17H2,1H3;2*1-2H3. The lowest BCUT2D eigenvalue weighted by Gasteiger charge is -2.39. The van der Waals surface area contributed by atoms with Gasteiger partial charge in [0.2, 0.25) is 5.91 Å².